The number of benzene rings is 2. The van der Waals surface area contributed by atoms with Gasteiger partial charge < -0.3 is 14.8 Å². The summed E-state index contributed by atoms with van der Waals surface area (Å²) in [5.74, 6) is 1.19. The molecule has 0 unspecified atom stereocenters. The van der Waals surface area contributed by atoms with Crippen LogP contribution in [0.25, 0.3) is 0 Å². The van der Waals surface area contributed by atoms with Crippen molar-refractivity contribution in [2.75, 3.05) is 19.0 Å². The minimum Gasteiger partial charge on any atom is -0.493 e. The quantitative estimate of drug-likeness (QED) is 0.734. The standard InChI is InChI=1S/C23H28N2O5S/c1-16(26)24-19-7-9-21(10-8-19)31(27,28)25-12-11-17-13-22(29-2)23(14-18(17)15-25)30-20-5-3-4-6-20/h7-10,13-14,20H,3-6,11-12,15H2,1-2H3,(H,24,26). The number of nitrogens with zero attached hydrogens (tertiary/aromatic N) is 1. The lowest BCUT2D eigenvalue weighted by atomic mass is 10.00. The van der Waals surface area contributed by atoms with Crippen LogP contribution < -0.4 is 14.8 Å². The van der Waals surface area contributed by atoms with Crippen molar-refractivity contribution in [1.29, 1.82) is 0 Å². The summed E-state index contributed by atoms with van der Waals surface area (Å²) in [6.45, 7) is 2.10. The molecule has 7 nitrogen and oxygen atoms in total. The first-order valence-electron chi connectivity index (χ1n) is 10.6. The molecule has 1 N–H and O–H groups in total. The Bertz CT molecular complexity index is 1060. The maximum Gasteiger partial charge on any atom is 0.243 e. The third-order valence-corrected chi connectivity index (χ3v) is 7.73. The summed E-state index contributed by atoms with van der Waals surface area (Å²) in [5.41, 5.74) is 2.60. The molecule has 0 spiro atoms. The van der Waals surface area contributed by atoms with Crippen molar-refractivity contribution in [2.24, 2.45) is 0 Å². The highest BCUT2D eigenvalue weighted by atomic mass is 32.2. The van der Waals surface area contributed by atoms with E-state index in [9.17, 15) is 13.2 Å². The van der Waals surface area contributed by atoms with Crippen LogP contribution in [0.2, 0.25) is 0 Å². The number of carbonyl (C=O) groups is 1. The van der Waals surface area contributed by atoms with Crippen LogP contribution in [-0.4, -0.2) is 38.4 Å². The van der Waals surface area contributed by atoms with E-state index in [1.54, 1.807) is 19.2 Å². The van der Waals surface area contributed by atoms with E-state index in [0.717, 1.165) is 24.0 Å². The number of hydrogen-bond acceptors (Lipinski definition) is 5. The molecule has 1 amide bonds. The van der Waals surface area contributed by atoms with Gasteiger partial charge in [-0.05, 0) is 79.6 Å². The molecule has 2 aromatic carbocycles. The summed E-state index contributed by atoms with van der Waals surface area (Å²) >= 11 is 0. The molecule has 8 heteroatoms. The van der Waals surface area contributed by atoms with Crippen LogP contribution in [0.5, 0.6) is 11.5 Å². The molecule has 1 aliphatic heterocycles. The molecule has 1 heterocycles. The highest BCUT2D eigenvalue weighted by Crippen LogP contribution is 2.37. The predicted molar refractivity (Wildman–Crippen MR) is 118 cm³/mol. The lowest BCUT2D eigenvalue weighted by Gasteiger charge is -2.29. The summed E-state index contributed by atoms with van der Waals surface area (Å²) in [6, 6.07) is 10.2. The summed E-state index contributed by atoms with van der Waals surface area (Å²) in [4.78, 5) is 11.4. The van der Waals surface area contributed by atoms with Gasteiger partial charge in [-0.1, -0.05) is 0 Å². The monoisotopic (exact) mass is 444 g/mol. The molecular formula is C23H28N2O5S. The van der Waals surface area contributed by atoms with Gasteiger partial charge in [-0.2, -0.15) is 4.31 Å². The van der Waals surface area contributed by atoms with Gasteiger partial charge in [0.2, 0.25) is 15.9 Å². The minimum absolute atomic E-state index is 0.192. The van der Waals surface area contributed by atoms with Crippen LogP contribution in [0.15, 0.2) is 41.3 Å². The molecule has 0 bridgehead atoms. The van der Waals surface area contributed by atoms with E-state index in [0.29, 0.717) is 30.2 Å². The SMILES string of the molecule is COc1cc2c(cc1OC1CCCC1)CN(S(=O)(=O)c1ccc(NC(C)=O)cc1)CC2. The van der Waals surface area contributed by atoms with Crippen molar-refractivity contribution in [2.45, 2.75) is 56.6 Å². The molecule has 1 saturated carbocycles. The number of amides is 1. The molecule has 1 fully saturated rings. The van der Waals surface area contributed by atoms with E-state index in [-0.39, 0.29) is 23.5 Å². The fraction of sp³-hybridized carbons (Fsp3) is 0.435. The van der Waals surface area contributed by atoms with Gasteiger partial charge in [-0.3, -0.25) is 4.79 Å². The Kier molecular flexibility index (Phi) is 6.20. The van der Waals surface area contributed by atoms with Crippen LogP contribution in [0, 0.1) is 0 Å². The minimum atomic E-state index is -3.65. The zero-order chi connectivity index (χ0) is 22.0. The predicted octanol–water partition coefficient (Wildman–Crippen LogP) is 3.72. The van der Waals surface area contributed by atoms with Gasteiger partial charge in [0.05, 0.1) is 18.1 Å². The van der Waals surface area contributed by atoms with Crippen LogP contribution >= 0.6 is 0 Å². The number of hydrogen-bond donors (Lipinski definition) is 1. The number of fused-ring (bicyclic) bond motifs is 1. The first-order chi connectivity index (χ1) is 14.9. The molecular weight excluding hydrogens is 416 g/mol. The van der Waals surface area contributed by atoms with Gasteiger partial charge in [0.1, 0.15) is 0 Å². The fourth-order valence-electron chi connectivity index (χ4n) is 4.24. The largest absolute Gasteiger partial charge is 0.493 e. The lowest BCUT2D eigenvalue weighted by Crippen LogP contribution is -2.36. The smallest absolute Gasteiger partial charge is 0.243 e. The number of rotatable bonds is 6. The number of carbonyl (C=O) groups excluding carboxylic acids is 1. The molecule has 166 valence electrons. The molecule has 0 saturated heterocycles. The molecule has 4 rings (SSSR count). The van der Waals surface area contributed by atoms with Crippen molar-refractivity contribution < 1.29 is 22.7 Å². The van der Waals surface area contributed by atoms with Crippen molar-refractivity contribution in [3.8, 4) is 11.5 Å². The van der Waals surface area contributed by atoms with Crippen molar-refractivity contribution >= 4 is 21.6 Å². The normalized spacial score (nSPS) is 17.2. The summed E-state index contributed by atoms with van der Waals surface area (Å²) < 4.78 is 39.6. The Morgan fingerprint density at radius 2 is 1.74 bits per heavy atom. The van der Waals surface area contributed by atoms with E-state index in [1.807, 2.05) is 12.1 Å². The first kappa shape index (κ1) is 21.6. The molecule has 2 aliphatic rings. The number of sulfonamides is 1. The maximum absolute atomic E-state index is 13.2. The Balaban J connectivity index is 1.56. The Morgan fingerprint density at radius 1 is 1.06 bits per heavy atom. The first-order valence-corrected chi connectivity index (χ1v) is 12.0. The number of anilines is 1. The van der Waals surface area contributed by atoms with Crippen molar-refractivity contribution in [3.63, 3.8) is 0 Å². The highest BCUT2D eigenvalue weighted by molar-refractivity contribution is 7.89. The van der Waals surface area contributed by atoms with Crippen LogP contribution in [0.3, 0.4) is 0 Å². The zero-order valence-electron chi connectivity index (χ0n) is 17.9. The Labute approximate surface area is 183 Å². The average molecular weight is 445 g/mol. The third-order valence-electron chi connectivity index (χ3n) is 5.87. The van der Waals surface area contributed by atoms with Gasteiger partial charge in [0, 0.05) is 25.7 Å². The summed E-state index contributed by atoms with van der Waals surface area (Å²) in [5, 5.41) is 2.65. The number of methoxy groups -OCH3 is 1. The average Bonchev–Trinajstić information content (AvgIpc) is 3.26. The second kappa shape index (κ2) is 8.88. The third kappa shape index (κ3) is 4.70. The number of nitrogens with one attached hydrogen (secondary N) is 1. The van der Waals surface area contributed by atoms with E-state index in [4.69, 9.17) is 9.47 Å². The molecule has 1 aliphatic carbocycles. The number of ether oxygens (including phenoxy) is 2. The second-order valence-electron chi connectivity index (χ2n) is 8.09. The molecule has 2 aromatic rings. The van der Waals surface area contributed by atoms with E-state index < -0.39 is 10.0 Å². The van der Waals surface area contributed by atoms with Crippen LogP contribution in [0.4, 0.5) is 5.69 Å². The summed E-state index contributed by atoms with van der Waals surface area (Å²) in [7, 11) is -2.02. The molecule has 0 atom stereocenters. The Morgan fingerprint density at radius 3 is 2.39 bits per heavy atom. The van der Waals surface area contributed by atoms with Gasteiger partial charge in [0.25, 0.3) is 0 Å². The maximum atomic E-state index is 13.2. The van der Waals surface area contributed by atoms with Gasteiger partial charge >= 0.3 is 0 Å². The molecule has 31 heavy (non-hydrogen) atoms. The second-order valence-corrected chi connectivity index (χ2v) is 10.0. The van der Waals surface area contributed by atoms with Crippen LogP contribution in [-0.2, 0) is 27.8 Å². The lowest BCUT2D eigenvalue weighted by molar-refractivity contribution is -0.114. The van der Waals surface area contributed by atoms with E-state index in [2.05, 4.69) is 5.32 Å². The van der Waals surface area contributed by atoms with Crippen molar-refractivity contribution in [3.05, 3.63) is 47.5 Å². The highest BCUT2D eigenvalue weighted by Gasteiger charge is 2.30. The summed E-state index contributed by atoms with van der Waals surface area (Å²) in [6.07, 6.45) is 5.22. The fourth-order valence-corrected chi connectivity index (χ4v) is 5.66. The zero-order valence-corrected chi connectivity index (χ0v) is 18.7. The van der Waals surface area contributed by atoms with Gasteiger partial charge in [-0.25, -0.2) is 8.42 Å². The molecule has 0 radical (unpaired) electrons. The Hall–Kier alpha value is -2.58. The van der Waals surface area contributed by atoms with Crippen molar-refractivity contribution in [1.82, 2.24) is 4.31 Å². The van der Waals surface area contributed by atoms with Gasteiger partial charge in [0.15, 0.2) is 11.5 Å². The van der Waals surface area contributed by atoms with Gasteiger partial charge in [-0.15, -0.1) is 0 Å². The topological polar surface area (TPSA) is 84.9 Å². The molecule has 0 aromatic heterocycles. The van der Waals surface area contributed by atoms with E-state index in [1.165, 1.54) is 36.2 Å². The van der Waals surface area contributed by atoms with E-state index >= 15 is 0 Å². The van der Waals surface area contributed by atoms with Crippen LogP contribution in [0.1, 0.15) is 43.7 Å².